The van der Waals surface area contributed by atoms with E-state index in [9.17, 15) is 8.42 Å². The molecule has 2 heterocycles. The van der Waals surface area contributed by atoms with Gasteiger partial charge >= 0.3 is 0 Å². The molecule has 1 fully saturated rings. The molecule has 2 rings (SSSR count). The van der Waals surface area contributed by atoms with Crippen LogP contribution in [0.15, 0.2) is 12.4 Å². The summed E-state index contributed by atoms with van der Waals surface area (Å²) < 4.78 is 27.5. The summed E-state index contributed by atoms with van der Waals surface area (Å²) in [6.45, 7) is 1.22. The third-order valence-electron chi connectivity index (χ3n) is 3.48. The van der Waals surface area contributed by atoms with Crippen molar-refractivity contribution >= 4 is 10.2 Å². The van der Waals surface area contributed by atoms with Gasteiger partial charge in [0.05, 0.1) is 23.6 Å². The molecule has 0 N–H and O–H groups in total. The normalized spacial score (nSPS) is 20.6. The molecule has 0 radical (unpaired) electrons. The molecular formula is C13H23N5O2S. The molecule has 0 saturated carbocycles. The molecule has 7 nitrogen and oxygen atoms in total. The Hall–Kier alpha value is -1.09. The van der Waals surface area contributed by atoms with E-state index < -0.39 is 10.2 Å². The second-order valence-electron chi connectivity index (χ2n) is 5.73. The molecule has 1 aromatic heterocycles. The molecule has 0 aromatic carbocycles. The Balaban J connectivity index is 2.28. The average molecular weight is 313 g/mol. The van der Waals surface area contributed by atoms with Crippen LogP contribution >= 0.6 is 0 Å². The molecule has 0 bridgehead atoms. The quantitative estimate of drug-likeness (QED) is 0.791. The van der Waals surface area contributed by atoms with Crippen molar-refractivity contribution in [2.45, 2.75) is 25.4 Å². The van der Waals surface area contributed by atoms with Gasteiger partial charge in [-0.1, -0.05) is 0 Å². The van der Waals surface area contributed by atoms with E-state index in [4.69, 9.17) is 0 Å². The van der Waals surface area contributed by atoms with Crippen molar-refractivity contribution < 1.29 is 8.42 Å². The molecule has 0 spiro atoms. The molecule has 1 aromatic rings. The summed E-state index contributed by atoms with van der Waals surface area (Å²) in [6, 6.07) is -0.216. The Morgan fingerprint density at radius 1 is 1.29 bits per heavy atom. The molecule has 0 unspecified atom stereocenters. The second-order valence-corrected chi connectivity index (χ2v) is 7.83. The molecule has 1 aliphatic rings. The smallest absolute Gasteiger partial charge is 0.282 e. The average Bonchev–Trinajstić information content (AvgIpc) is 2.87. The van der Waals surface area contributed by atoms with Crippen LogP contribution in [0, 0.1) is 0 Å². The Kier molecular flexibility index (Phi) is 4.92. The molecule has 1 saturated heterocycles. The van der Waals surface area contributed by atoms with Crippen LogP contribution < -0.4 is 0 Å². The maximum absolute atomic E-state index is 12.4. The van der Waals surface area contributed by atoms with E-state index >= 15 is 0 Å². The third kappa shape index (κ3) is 3.57. The first kappa shape index (κ1) is 16.3. The Bertz CT molecular complexity index is 588. The number of nitrogens with zero attached hydrogens (tertiary/aromatic N) is 5. The van der Waals surface area contributed by atoms with Crippen LogP contribution in [0.25, 0.3) is 0 Å². The predicted octanol–water partition coefficient (Wildman–Crippen LogP) is 0.482. The molecule has 118 valence electrons. The number of hydrogen-bond acceptors (Lipinski definition) is 5. The van der Waals surface area contributed by atoms with Crippen molar-refractivity contribution in [3.05, 3.63) is 23.8 Å². The summed E-state index contributed by atoms with van der Waals surface area (Å²) in [4.78, 5) is 10.8. The van der Waals surface area contributed by atoms with Crippen molar-refractivity contribution in [1.82, 2.24) is 23.5 Å². The molecule has 1 aliphatic heterocycles. The highest BCUT2D eigenvalue weighted by Gasteiger charge is 2.37. The zero-order valence-electron chi connectivity index (χ0n) is 13.0. The van der Waals surface area contributed by atoms with Crippen LogP contribution in [0.5, 0.6) is 0 Å². The summed E-state index contributed by atoms with van der Waals surface area (Å²) >= 11 is 0. The minimum atomic E-state index is -3.42. The molecule has 1 atom stereocenters. The molecule has 0 amide bonds. The minimum Gasteiger partial charge on any atom is -0.304 e. The highest BCUT2D eigenvalue weighted by Crippen LogP contribution is 2.33. The van der Waals surface area contributed by atoms with Crippen LogP contribution in [0.2, 0.25) is 0 Å². The van der Waals surface area contributed by atoms with Gasteiger partial charge in [-0.3, -0.25) is 9.97 Å². The summed E-state index contributed by atoms with van der Waals surface area (Å²) in [7, 11) is 3.62. The standard InChI is InChI=1S/C13H23N5O2S/c1-16(2)10-11-8-14-9-12(15-11)13-6-5-7-18(13)21(19,20)17(3)4/h8-9,13H,5-7,10H2,1-4H3/t13-/m0/s1. The molecule has 0 aliphatic carbocycles. The first-order valence-corrected chi connectivity index (χ1v) is 8.37. The molecule has 21 heavy (non-hydrogen) atoms. The minimum absolute atomic E-state index is 0.216. The van der Waals surface area contributed by atoms with E-state index in [1.54, 1.807) is 26.5 Å². The fraction of sp³-hybridized carbons (Fsp3) is 0.692. The van der Waals surface area contributed by atoms with E-state index in [1.165, 1.54) is 8.61 Å². The van der Waals surface area contributed by atoms with Crippen LogP contribution in [0.3, 0.4) is 0 Å². The van der Waals surface area contributed by atoms with Crippen molar-refractivity contribution in [3.8, 4) is 0 Å². The van der Waals surface area contributed by atoms with Gasteiger partial charge in [0.25, 0.3) is 10.2 Å². The van der Waals surface area contributed by atoms with E-state index in [2.05, 4.69) is 9.97 Å². The van der Waals surface area contributed by atoms with Gasteiger partial charge in [-0.25, -0.2) is 0 Å². The Labute approximate surface area is 126 Å². The van der Waals surface area contributed by atoms with Gasteiger partial charge < -0.3 is 4.90 Å². The maximum atomic E-state index is 12.4. The number of rotatable bonds is 5. The van der Waals surface area contributed by atoms with E-state index in [-0.39, 0.29) is 6.04 Å². The Morgan fingerprint density at radius 3 is 2.62 bits per heavy atom. The molecular weight excluding hydrogens is 290 g/mol. The monoisotopic (exact) mass is 313 g/mol. The van der Waals surface area contributed by atoms with Gasteiger partial charge in [-0.15, -0.1) is 0 Å². The third-order valence-corrected chi connectivity index (χ3v) is 5.44. The lowest BCUT2D eigenvalue weighted by atomic mass is 10.1. The fourth-order valence-electron chi connectivity index (χ4n) is 2.51. The SMILES string of the molecule is CN(C)Cc1cncc([C@@H]2CCCN2S(=O)(=O)N(C)C)n1. The van der Waals surface area contributed by atoms with Crippen molar-refractivity contribution in [3.63, 3.8) is 0 Å². The van der Waals surface area contributed by atoms with Crippen molar-refractivity contribution in [2.24, 2.45) is 0 Å². The first-order valence-electron chi connectivity index (χ1n) is 6.97. The predicted molar refractivity (Wildman–Crippen MR) is 80.7 cm³/mol. The lowest BCUT2D eigenvalue weighted by molar-refractivity contribution is 0.354. The highest BCUT2D eigenvalue weighted by molar-refractivity contribution is 7.86. The lowest BCUT2D eigenvalue weighted by Gasteiger charge is -2.26. The van der Waals surface area contributed by atoms with Gasteiger partial charge in [0, 0.05) is 33.4 Å². The summed E-state index contributed by atoms with van der Waals surface area (Å²) in [6.07, 6.45) is 5.03. The number of hydrogen-bond donors (Lipinski definition) is 0. The number of aromatic nitrogens is 2. The van der Waals surface area contributed by atoms with Gasteiger partial charge in [0.1, 0.15) is 0 Å². The summed E-state index contributed by atoms with van der Waals surface area (Å²) in [5.74, 6) is 0. The van der Waals surface area contributed by atoms with E-state index in [0.717, 1.165) is 24.2 Å². The van der Waals surface area contributed by atoms with Crippen LogP contribution in [0.1, 0.15) is 30.3 Å². The van der Waals surface area contributed by atoms with Gasteiger partial charge in [-0.05, 0) is 26.9 Å². The van der Waals surface area contributed by atoms with Gasteiger partial charge in [-0.2, -0.15) is 17.0 Å². The van der Waals surface area contributed by atoms with Gasteiger partial charge in [0.2, 0.25) is 0 Å². The largest absolute Gasteiger partial charge is 0.304 e. The first-order chi connectivity index (χ1) is 9.82. The highest BCUT2D eigenvalue weighted by atomic mass is 32.2. The van der Waals surface area contributed by atoms with Crippen molar-refractivity contribution in [2.75, 3.05) is 34.7 Å². The lowest BCUT2D eigenvalue weighted by Crippen LogP contribution is -2.39. The van der Waals surface area contributed by atoms with E-state index in [0.29, 0.717) is 13.1 Å². The van der Waals surface area contributed by atoms with E-state index in [1.807, 2.05) is 19.0 Å². The van der Waals surface area contributed by atoms with Crippen LogP contribution in [-0.2, 0) is 16.8 Å². The molecule has 8 heteroatoms. The zero-order valence-corrected chi connectivity index (χ0v) is 13.8. The zero-order chi connectivity index (χ0) is 15.6. The fourth-order valence-corrected chi connectivity index (χ4v) is 3.82. The second kappa shape index (κ2) is 6.35. The Morgan fingerprint density at radius 2 is 2.00 bits per heavy atom. The van der Waals surface area contributed by atoms with Crippen LogP contribution in [-0.4, -0.2) is 66.6 Å². The summed E-state index contributed by atoms with van der Waals surface area (Å²) in [5.41, 5.74) is 1.59. The van der Waals surface area contributed by atoms with Crippen LogP contribution in [0.4, 0.5) is 0 Å². The van der Waals surface area contributed by atoms with Gasteiger partial charge in [0.15, 0.2) is 0 Å². The maximum Gasteiger partial charge on any atom is 0.282 e. The van der Waals surface area contributed by atoms with Crippen molar-refractivity contribution in [1.29, 1.82) is 0 Å². The topological polar surface area (TPSA) is 69.6 Å². The summed E-state index contributed by atoms with van der Waals surface area (Å²) in [5, 5.41) is 0.